The molecule has 0 aliphatic heterocycles. The molecular formula is C24H25ClN4O2. The summed E-state index contributed by atoms with van der Waals surface area (Å²) in [6.07, 6.45) is 4.36. The van der Waals surface area contributed by atoms with E-state index in [1.165, 1.54) is 0 Å². The molecule has 0 spiro atoms. The number of allylic oxidation sites excluding steroid dienone is 4. The molecule has 0 saturated carbocycles. The van der Waals surface area contributed by atoms with Gasteiger partial charge in [0.25, 0.3) is 0 Å². The Morgan fingerprint density at radius 1 is 1.26 bits per heavy atom. The van der Waals surface area contributed by atoms with Gasteiger partial charge in [-0.15, -0.1) is 0 Å². The van der Waals surface area contributed by atoms with E-state index in [9.17, 15) is 15.8 Å². The molecule has 0 unspecified atom stereocenters. The van der Waals surface area contributed by atoms with Crippen LogP contribution in [0.5, 0.6) is 11.5 Å². The molecule has 1 aromatic carbocycles. The van der Waals surface area contributed by atoms with E-state index in [0.717, 1.165) is 24.8 Å². The molecule has 160 valence electrons. The minimum absolute atomic E-state index is 0.00555. The number of nitriles is 3. The van der Waals surface area contributed by atoms with Gasteiger partial charge in [-0.05, 0) is 69.2 Å². The van der Waals surface area contributed by atoms with Gasteiger partial charge in [0.1, 0.15) is 6.07 Å². The summed E-state index contributed by atoms with van der Waals surface area (Å²) in [7, 11) is 0. The monoisotopic (exact) mass is 436 g/mol. The lowest BCUT2D eigenvalue weighted by atomic mass is 9.57. The van der Waals surface area contributed by atoms with Crippen LogP contribution in [-0.2, 0) is 0 Å². The molecule has 2 atom stereocenters. The van der Waals surface area contributed by atoms with E-state index in [4.69, 9.17) is 26.8 Å². The maximum absolute atomic E-state index is 10.2. The molecule has 6 nitrogen and oxygen atoms in total. The summed E-state index contributed by atoms with van der Waals surface area (Å²) >= 11 is 6.60. The zero-order valence-electron chi connectivity index (χ0n) is 17.9. The van der Waals surface area contributed by atoms with Crippen molar-refractivity contribution in [3.63, 3.8) is 0 Å². The number of hydrogen-bond donors (Lipinski definition) is 1. The lowest BCUT2D eigenvalue weighted by molar-refractivity contribution is 0.223. The third-order valence-corrected chi connectivity index (χ3v) is 6.12. The number of ether oxygens (including phenoxy) is 2. The summed E-state index contributed by atoms with van der Waals surface area (Å²) in [5.41, 5.74) is 6.40. The molecule has 2 aliphatic carbocycles. The average molecular weight is 437 g/mol. The number of hydrogen-bond acceptors (Lipinski definition) is 6. The smallest absolute Gasteiger partial charge is 0.191 e. The van der Waals surface area contributed by atoms with Crippen molar-refractivity contribution in [2.45, 2.75) is 52.1 Å². The van der Waals surface area contributed by atoms with Gasteiger partial charge in [0.15, 0.2) is 16.9 Å². The normalized spacial score (nSPS) is 21.9. The first-order chi connectivity index (χ1) is 14.8. The lowest BCUT2D eigenvalue weighted by Crippen LogP contribution is -2.42. The highest BCUT2D eigenvalue weighted by Gasteiger charge is 2.54. The number of fused-ring (bicyclic) bond motifs is 1. The van der Waals surface area contributed by atoms with Gasteiger partial charge in [-0.1, -0.05) is 17.7 Å². The van der Waals surface area contributed by atoms with Gasteiger partial charge >= 0.3 is 0 Å². The molecule has 3 rings (SSSR count). The van der Waals surface area contributed by atoms with Crippen LogP contribution in [0.1, 0.15) is 51.5 Å². The summed E-state index contributed by atoms with van der Waals surface area (Å²) in [6, 6.07) is 9.94. The molecule has 0 fully saturated rings. The highest BCUT2D eigenvalue weighted by Crippen LogP contribution is 2.57. The average Bonchev–Trinajstić information content (AvgIpc) is 2.75. The van der Waals surface area contributed by atoms with Crippen molar-refractivity contribution in [3.05, 3.63) is 45.6 Å². The molecule has 0 heterocycles. The van der Waals surface area contributed by atoms with E-state index >= 15 is 0 Å². The number of rotatable bonds is 5. The van der Waals surface area contributed by atoms with Crippen molar-refractivity contribution in [2.75, 3.05) is 6.61 Å². The fourth-order valence-electron chi connectivity index (χ4n) is 4.63. The molecule has 1 aromatic rings. The van der Waals surface area contributed by atoms with Crippen LogP contribution in [0, 0.1) is 45.3 Å². The summed E-state index contributed by atoms with van der Waals surface area (Å²) in [5.74, 6) is 0.102. The standard InChI is InChI=1S/C24H25ClN4O2/c1-4-30-20-10-15(9-19(25)22(20)31-14(2)3)21-17-8-6-5-7-16(17)18(11-26)23(29)24(21,12-27)13-28/h7,9-10,14,17,21H,4-6,8,29H2,1-3H3/t17-,21-/m0/s1. The maximum atomic E-state index is 10.2. The molecule has 0 bridgehead atoms. The van der Waals surface area contributed by atoms with Crippen molar-refractivity contribution >= 4 is 11.6 Å². The highest BCUT2D eigenvalue weighted by atomic mass is 35.5. The summed E-state index contributed by atoms with van der Waals surface area (Å²) in [6.45, 7) is 6.05. The van der Waals surface area contributed by atoms with Gasteiger partial charge in [0.2, 0.25) is 0 Å². The Bertz CT molecular complexity index is 1050. The van der Waals surface area contributed by atoms with E-state index < -0.39 is 11.3 Å². The second-order valence-corrected chi connectivity index (χ2v) is 8.44. The van der Waals surface area contributed by atoms with Crippen LogP contribution in [0.2, 0.25) is 5.02 Å². The zero-order chi connectivity index (χ0) is 22.8. The van der Waals surface area contributed by atoms with Gasteiger partial charge in [-0.25, -0.2) is 0 Å². The lowest BCUT2D eigenvalue weighted by Gasteiger charge is -2.43. The van der Waals surface area contributed by atoms with E-state index in [1.807, 2.05) is 26.8 Å². The summed E-state index contributed by atoms with van der Waals surface area (Å²) in [5, 5.41) is 30.4. The van der Waals surface area contributed by atoms with Gasteiger partial charge < -0.3 is 15.2 Å². The fraction of sp³-hybridized carbons (Fsp3) is 0.458. The summed E-state index contributed by atoms with van der Waals surface area (Å²) < 4.78 is 11.7. The Morgan fingerprint density at radius 3 is 2.55 bits per heavy atom. The third-order valence-electron chi connectivity index (χ3n) is 5.84. The van der Waals surface area contributed by atoms with Gasteiger partial charge in [0, 0.05) is 5.92 Å². The van der Waals surface area contributed by atoms with Crippen LogP contribution in [-0.4, -0.2) is 12.7 Å². The van der Waals surface area contributed by atoms with E-state index in [-0.39, 0.29) is 23.3 Å². The number of nitrogens with zero attached hydrogens (tertiary/aromatic N) is 3. The van der Waals surface area contributed by atoms with Crippen molar-refractivity contribution in [1.29, 1.82) is 15.8 Å². The Kier molecular flexibility index (Phi) is 6.49. The fourth-order valence-corrected chi connectivity index (χ4v) is 4.89. The van der Waals surface area contributed by atoms with E-state index in [1.54, 1.807) is 12.1 Å². The largest absolute Gasteiger partial charge is 0.490 e. The highest BCUT2D eigenvalue weighted by molar-refractivity contribution is 6.32. The maximum Gasteiger partial charge on any atom is 0.191 e. The Morgan fingerprint density at radius 2 is 1.97 bits per heavy atom. The molecule has 31 heavy (non-hydrogen) atoms. The van der Waals surface area contributed by atoms with Crippen molar-refractivity contribution in [1.82, 2.24) is 0 Å². The molecule has 2 N–H and O–H groups in total. The van der Waals surface area contributed by atoms with Crippen LogP contribution in [0.4, 0.5) is 0 Å². The minimum atomic E-state index is -1.68. The van der Waals surface area contributed by atoms with Gasteiger partial charge in [0.05, 0.1) is 41.1 Å². The minimum Gasteiger partial charge on any atom is -0.490 e. The Hall–Kier alpha value is -3.14. The first kappa shape index (κ1) is 22.5. The first-order valence-corrected chi connectivity index (χ1v) is 10.8. The second kappa shape index (κ2) is 8.93. The quantitative estimate of drug-likeness (QED) is 0.684. The summed E-state index contributed by atoms with van der Waals surface area (Å²) in [4.78, 5) is 0. The van der Waals surface area contributed by atoms with E-state index in [2.05, 4.69) is 18.2 Å². The third kappa shape index (κ3) is 3.71. The molecule has 0 radical (unpaired) electrons. The predicted octanol–water partition coefficient (Wildman–Crippen LogP) is 5.12. The second-order valence-electron chi connectivity index (χ2n) is 8.04. The first-order valence-electron chi connectivity index (χ1n) is 10.4. The predicted molar refractivity (Wildman–Crippen MR) is 117 cm³/mol. The van der Waals surface area contributed by atoms with E-state index in [0.29, 0.717) is 28.7 Å². The van der Waals surface area contributed by atoms with Crippen molar-refractivity contribution in [2.24, 2.45) is 17.1 Å². The van der Waals surface area contributed by atoms with Crippen LogP contribution < -0.4 is 15.2 Å². The SMILES string of the molecule is CCOc1cc([C@H]2[C@H]3CCCC=C3C(C#N)=C(N)C2(C#N)C#N)cc(Cl)c1OC(C)C. The van der Waals surface area contributed by atoms with Gasteiger partial charge in [-0.2, -0.15) is 15.8 Å². The molecule has 0 aromatic heterocycles. The van der Waals surface area contributed by atoms with Gasteiger partial charge in [-0.3, -0.25) is 0 Å². The molecule has 2 aliphatic rings. The van der Waals surface area contributed by atoms with Crippen LogP contribution in [0.25, 0.3) is 0 Å². The zero-order valence-corrected chi connectivity index (χ0v) is 18.7. The Balaban J connectivity index is 2.30. The number of nitrogens with two attached hydrogens (primary N) is 1. The number of halogens is 1. The molecular weight excluding hydrogens is 412 g/mol. The van der Waals surface area contributed by atoms with Crippen molar-refractivity contribution in [3.8, 4) is 29.7 Å². The molecule has 0 saturated heterocycles. The Labute approximate surface area is 188 Å². The van der Waals surface area contributed by atoms with Crippen LogP contribution in [0.15, 0.2) is 35.1 Å². The molecule has 0 amide bonds. The molecule has 7 heteroatoms. The number of benzene rings is 1. The topological polar surface area (TPSA) is 116 Å². The van der Waals surface area contributed by atoms with Crippen molar-refractivity contribution < 1.29 is 9.47 Å². The van der Waals surface area contributed by atoms with Crippen LogP contribution >= 0.6 is 11.6 Å². The van der Waals surface area contributed by atoms with Crippen LogP contribution in [0.3, 0.4) is 0 Å².